The summed E-state index contributed by atoms with van der Waals surface area (Å²) in [5.41, 5.74) is 1.50. The molecule has 0 heterocycles. The molecule has 1 rings (SSSR count). The van der Waals surface area contributed by atoms with Crippen LogP contribution >= 0.6 is 11.6 Å². The summed E-state index contributed by atoms with van der Waals surface area (Å²) in [6.45, 7) is 3.92. The lowest BCUT2D eigenvalue weighted by atomic mass is 9.99. The largest absolute Gasteiger partial charge is 0.462 e. The summed E-state index contributed by atoms with van der Waals surface area (Å²) >= 11 is 5.84. The van der Waals surface area contributed by atoms with Crippen molar-refractivity contribution in [3.05, 3.63) is 33.8 Å². The minimum Gasteiger partial charge on any atom is -0.462 e. The molecular weight excluding hydrogens is 226 g/mol. The van der Waals surface area contributed by atoms with Gasteiger partial charge in [-0.05, 0) is 31.0 Å². The van der Waals surface area contributed by atoms with Crippen molar-refractivity contribution in [2.75, 3.05) is 6.61 Å². The Kier molecular flexibility index (Phi) is 4.33. The first kappa shape index (κ1) is 12.5. The number of benzene rings is 1. The highest BCUT2D eigenvalue weighted by Crippen LogP contribution is 2.22. The maximum absolute atomic E-state index is 11.7. The van der Waals surface area contributed by atoms with Crippen molar-refractivity contribution in [3.8, 4) is 6.07 Å². The molecule has 0 aliphatic heterocycles. The Hall–Kier alpha value is -1.53. The molecule has 4 heteroatoms. The van der Waals surface area contributed by atoms with E-state index >= 15 is 0 Å². The summed E-state index contributed by atoms with van der Waals surface area (Å²) in [4.78, 5) is 11.7. The molecule has 0 aliphatic rings. The normalized spacial score (nSPS) is 9.62. The Labute approximate surface area is 99.6 Å². The van der Waals surface area contributed by atoms with Gasteiger partial charge in [0.1, 0.15) is 0 Å². The molecule has 1 aromatic carbocycles. The van der Waals surface area contributed by atoms with Crippen molar-refractivity contribution in [2.24, 2.45) is 0 Å². The average molecular weight is 238 g/mol. The molecule has 0 spiro atoms. The second-order valence-corrected chi connectivity index (χ2v) is 3.60. The van der Waals surface area contributed by atoms with Gasteiger partial charge in [0.25, 0.3) is 0 Å². The summed E-state index contributed by atoms with van der Waals surface area (Å²) < 4.78 is 4.92. The molecule has 3 nitrogen and oxygen atoms in total. The molecule has 16 heavy (non-hydrogen) atoms. The van der Waals surface area contributed by atoms with Crippen LogP contribution in [-0.4, -0.2) is 12.6 Å². The third kappa shape index (κ3) is 2.53. The molecule has 0 aromatic heterocycles. The van der Waals surface area contributed by atoms with Gasteiger partial charge in [0.05, 0.1) is 23.8 Å². The second-order valence-electron chi connectivity index (χ2n) is 3.17. The standard InChI is InChI=1S/C12H12ClNO2/c1-3-10-8(7-14)5-9(13)6-11(10)12(15)16-4-2/h5-6H,3-4H2,1-2H3. The average Bonchev–Trinajstić information content (AvgIpc) is 2.28. The van der Waals surface area contributed by atoms with Gasteiger partial charge in [-0.3, -0.25) is 0 Å². The zero-order valence-corrected chi connectivity index (χ0v) is 9.97. The van der Waals surface area contributed by atoms with Crippen LogP contribution in [0.3, 0.4) is 0 Å². The molecule has 0 amide bonds. The fraction of sp³-hybridized carbons (Fsp3) is 0.333. The summed E-state index contributed by atoms with van der Waals surface area (Å²) in [5, 5.41) is 9.32. The van der Waals surface area contributed by atoms with E-state index in [-0.39, 0.29) is 0 Å². The summed E-state index contributed by atoms with van der Waals surface area (Å²) in [7, 11) is 0. The molecule has 0 atom stereocenters. The fourth-order valence-corrected chi connectivity index (χ4v) is 1.73. The summed E-state index contributed by atoms with van der Waals surface area (Å²) in [6.07, 6.45) is 0.591. The van der Waals surface area contributed by atoms with Gasteiger partial charge in [0.2, 0.25) is 0 Å². The topological polar surface area (TPSA) is 50.1 Å². The van der Waals surface area contributed by atoms with Crippen LogP contribution in [0.5, 0.6) is 0 Å². The summed E-state index contributed by atoms with van der Waals surface area (Å²) in [6, 6.07) is 5.13. The molecule has 0 aliphatic carbocycles. The predicted molar refractivity (Wildman–Crippen MR) is 61.5 cm³/mol. The maximum atomic E-state index is 11.7. The number of hydrogen-bond donors (Lipinski definition) is 0. The minimum absolute atomic E-state index is 0.302. The lowest BCUT2D eigenvalue weighted by Gasteiger charge is -2.09. The number of ether oxygens (including phenoxy) is 1. The van der Waals surface area contributed by atoms with E-state index in [1.54, 1.807) is 19.1 Å². The monoisotopic (exact) mass is 237 g/mol. The quantitative estimate of drug-likeness (QED) is 0.760. The third-order valence-electron chi connectivity index (χ3n) is 2.18. The van der Waals surface area contributed by atoms with Gasteiger partial charge in [-0.1, -0.05) is 18.5 Å². The lowest BCUT2D eigenvalue weighted by Crippen LogP contribution is -2.09. The Morgan fingerprint density at radius 2 is 2.19 bits per heavy atom. The van der Waals surface area contributed by atoms with E-state index in [4.69, 9.17) is 21.6 Å². The van der Waals surface area contributed by atoms with Crippen LogP contribution in [0, 0.1) is 11.3 Å². The van der Waals surface area contributed by atoms with E-state index < -0.39 is 5.97 Å². The molecular formula is C12H12ClNO2. The van der Waals surface area contributed by atoms with Crippen LogP contribution in [-0.2, 0) is 11.2 Å². The van der Waals surface area contributed by atoms with E-state index in [2.05, 4.69) is 0 Å². The Morgan fingerprint density at radius 1 is 1.50 bits per heavy atom. The van der Waals surface area contributed by atoms with Gasteiger partial charge >= 0.3 is 5.97 Å². The minimum atomic E-state index is -0.432. The first-order valence-corrected chi connectivity index (χ1v) is 5.41. The highest BCUT2D eigenvalue weighted by molar-refractivity contribution is 6.31. The third-order valence-corrected chi connectivity index (χ3v) is 2.40. The van der Waals surface area contributed by atoms with Crippen molar-refractivity contribution in [1.82, 2.24) is 0 Å². The molecule has 0 N–H and O–H groups in total. The van der Waals surface area contributed by atoms with Crippen molar-refractivity contribution < 1.29 is 9.53 Å². The SMILES string of the molecule is CCOC(=O)c1cc(Cl)cc(C#N)c1CC. The fourth-order valence-electron chi connectivity index (χ4n) is 1.51. The van der Waals surface area contributed by atoms with Crippen LogP contribution in [0.25, 0.3) is 0 Å². The highest BCUT2D eigenvalue weighted by Gasteiger charge is 2.16. The number of nitriles is 1. The Balaban J connectivity index is 3.32. The smallest absolute Gasteiger partial charge is 0.338 e. The number of carbonyl (C=O) groups is 1. The van der Waals surface area contributed by atoms with Gasteiger partial charge in [-0.2, -0.15) is 5.26 Å². The van der Waals surface area contributed by atoms with Gasteiger partial charge in [-0.15, -0.1) is 0 Å². The molecule has 0 unspecified atom stereocenters. The first-order valence-electron chi connectivity index (χ1n) is 5.03. The van der Waals surface area contributed by atoms with Crippen LogP contribution < -0.4 is 0 Å². The zero-order chi connectivity index (χ0) is 12.1. The van der Waals surface area contributed by atoms with Crippen molar-refractivity contribution >= 4 is 17.6 Å². The van der Waals surface area contributed by atoms with E-state index in [1.807, 2.05) is 13.0 Å². The molecule has 0 radical (unpaired) electrons. The van der Waals surface area contributed by atoms with Crippen molar-refractivity contribution in [1.29, 1.82) is 5.26 Å². The highest BCUT2D eigenvalue weighted by atomic mass is 35.5. The Morgan fingerprint density at radius 3 is 2.69 bits per heavy atom. The van der Waals surface area contributed by atoms with Crippen molar-refractivity contribution in [3.63, 3.8) is 0 Å². The molecule has 1 aromatic rings. The maximum Gasteiger partial charge on any atom is 0.338 e. The number of carbonyl (C=O) groups excluding carboxylic acids is 1. The number of rotatable bonds is 3. The number of hydrogen-bond acceptors (Lipinski definition) is 3. The van der Waals surface area contributed by atoms with Crippen LogP contribution in [0.15, 0.2) is 12.1 Å². The Bertz CT molecular complexity index is 449. The first-order chi connectivity index (χ1) is 7.63. The van der Waals surface area contributed by atoms with E-state index in [9.17, 15) is 4.79 Å². The van der Waals surface area contributed by atoms with Crippen molar-refractivity contribution in [2.45, 2.75) is 20.3 Å². The van der Waals surface area contributed by atoms with E-state index in [1.165, 1.54) is 0 Å². The molecule has 0 saturated heterocycles. The lowest BCUT2D eigenvalue weighted by molar-refractivity contribution is 0.0525. The number of nitrogens with zero attached hydrogens (tertiary/aromatic N) is 1. The zero-order valence-electron chi connectivity index (χ0n) is 9.21. The van der Waals surface area contributed by atoms with Gasteiger partial charge < -0.3 is 4.74 Å². The number of halogens is 1. The predicted octanol–water partition coefficient (Wildman–Crippen LogP) is 2.95. The molecule has 84 valence electrons. The second kappa shape index (κ2) is 5.53. The van der Waals surface area contributed by atoms with Crippen LogP contribution in [0.1, 0.15) is 35.3 Å². The molecule has 0 bridgehead atoms. The van der Waals surface area contributed by atoms with Gasteiger partial charge in [0.15, 0.2) is 0 Å². The summed E-state index contributed by atoms with van der Waals surface area (Å²) in [5.74, 6) is -0.432. The van der Waals surface area contributed by atoms with Gasteiger partial charge in [-0.25, -0.2) is 4.79 Å². The van der Waals surface area contributed by atoms with Gasteiger partial charge in [0, 0.05) is 5.02 Å². The molecule has 0 fully saturated rings. The molecule has 0 saturated carbocycles. The number of esters is 1. The van der Waals surface area contributed by atoms with Crippen LogP contribution in [0.2, 0.25) is 5.02 Å². The van der Waals surface area contributed by atoms with Crippen LogP contribution in [0.4, 0.5) is 0 Å². The van der Waals surface area contributed by atoms with E-state index in [0.29, 0.717) is 34.7 Å². The van der Waals surface area contributed by atoms with E-state index in [0.717, 1.165) is 0 Å².